The molecule has 7 nitrogen and oxygen atoms in total. The van der Waals surface area contributed by atoms with E-state index >= 15 is 0 Å². The van der Waals surface area contributed by atoms with Gasteiger partial charge in [0.25, 0.3) is 0 Å². The van der Waals surface area contributed by atoms with Gasteiger partial charge in [-0.3, -0.25) is 0 Å². The van der Waals surface area contributed by atoms with Gasteiger partial charge in [-0.1, -0.05) is 32.4 Å². The maximum Gasteiger partial charge on any atom is 0.243 e. The van der Waals surface area contributed by atoms with Crippen molar-refractivity contribution in [3.05, 3.63) is 53.4 Å². The van der Waals surface area contributed by atoms with Gasteiger partial charge in [-0.25, -0.2) is 13.4 Å². The van der Waals surface area contributed by atoms with E-state index in [0.717, 1.165) is 35.7 Å². The molecule has 30 heavy (non-hydrogen) atoms. The zero-order valence-electron chi connectivity index (χ0n) is 17.5. The zero-order valence-corrected chi connectivity index (χ0v) is 19.1. The lowest BCUT2D eigenvalue weighted by Gasteiger charge is -2.20. The number of sulfonamides is 1. The summed E-state index contributed by atoms with van der Waals surface area (Å²) in [6, 6.07) is 8.83. The Morgan fingerprint density at radius 1 is 1.03 bits per heavy atom. The fraction of sp³-hybridized carbons (Fsp3) is 0.381. The van der Waals surface area contributed by atoms with Crippen molar-refractivity contribution in [2.24, 2.45) is 0 Å². The van der Waals surface area contributed by atoms with Gasteiger partial charge < -0.3 is 15.0 Å². The summed E-state index contributed by atoms with van der Waals surface area (Å²) in [4.78, 5) is 4.86. The van der Waals surface area contributed by atoms with Crippen molar-refractivity contribution < 1.29 is 8.42 Å². The lowest BCUT2D eigenvalue weighted by atomic mass is 10.2. The summed E-state index contributed by atoms with van der Waals surface area (Å²) in [7, 11) is -3.54. The first-order valence-corrected chi connectivity index (χ1v) is 12.0. The van der Waals surface area contributed by atoms with E-state index < -0.39 is 10.0 Å². The van der Waals surface area contributed by atoms with Crippen LogP contribution in [0, 0.1) is 0 Å². The molecule has 0 saturated carbocycles. The Balaban J connectivity index is 1.89. The largest absolute Gasteiger partial charge is 0.383 e. The summed E-state index contributed by atoms with van der Waals surface area (Å²) in [5.74, 6) is 0. The molecule has 0 atom stereocenters. The number of nitrogens with one attached hydrogen (secondary N) is 2. The van der Waals surface area contributed by atoms with Gasteiger partial charge in [-0.2, -0.15) is 4.31 Å². The normalized spacial score (nSPS) is 11.9. The first-order valence-electron chi connectivity index (χ1n) is 10.1. The molecule has 2 aromatic heterocycles. The van der Waals surface area contributed by atoms with Crippen LogP contribution in [0.15, 0.2) is 47.6 Å². The number of rotatable bonds is 10. The van der Waals surface area contributed by atoms with E-state index in [-0.39, 0.29) is 4.90 Å². The van der Waals surface area contributed by atoms with E-state index in [0.29, 0.717) is 24.7 Å². The van der Waals surface area contributed by atoms with Crippen LogP contribution >= 0.6 is 11.6 Å². The van der Waals surface area contributed by atoms with Gasteiger partial charge in [0.1, 0.15) is 5.65 Å². The fourth-order valence-corrected chi connectivity index (χ4v) is 4.90. The third-order valence-electron chi connectivity index (χ3n) is 4.82. The van der Waals surface area contributed by atoms with Crippen molar-refractivity contribution in [2.75, 3.05) is 30.3 Å². The van der Waals surface area contributed by atoms with Crippen LogP contribution in [0.1, 0.15) is 32.9 Å². The molecule has 0 aliphatic rings. The Morgan fingerprint density at radius 3 is 2.50 bits per heavy atom. The first-order chi connectivity index (χ1) is 14.4. The van der Waals surface area contributed by atoms with Gasteiger partial charge in [-0.15, -0.1) is 0 Å². The predicted molar refractivity (Wildman–Crippen MR) is 123 cm³/mol. The predicted octanol–water partition coefficient (Wildman–Crippen LogP) is 4.45. The molecule has 0 unspecified atom stereocenters. The molecular formula is C21H28ClN5O2S. The number of nitrogens with zero attached hydrogens (tertiary/aromatic N) is 3. The third-order valence-corrected chi connectivity index (χ3v) is 7.09. The summed E-state index contributed by atoms with van der Waals surface area (Å²) < 4.78 is 29.2. The Bertz CT molecular complexity index is 1110. The second-order valence-corrected chi connectivity index (χ2v) is 9.30. The lowest BCUT2D eigenvalue weighted by molar-refractivity contribution is 0.445. The van der Waals surface area contributed by atoms with Crippen LogP contribution in [0.4, 0.5) is 11.4 Å². The van der Waals surface area contributed by atoms with Gasteiger partial charge >= 0.3 is 0 Å². The Labute approximate surface area is 183 Å². The Morgan fingerprint density at radius 2 is 1.80 bits per heavy atom. The number of halogens is 1. The van der Waals surface area contributed by atoms with Crippen LogP contribution in [0.5, 0.6) is 0 Å². The first kappa shape index (κ1) is 22.4. The Kier molecular flexibility index (Phi) is 7.23. The van der Waals surface area contributed by atoms with Crippen molar-refractivity contribution in [2.45, 2.75) is 38.6 Å². The number of hydrogen-bond donors (Lipinski definition) is 2. The minimum Gasteiger partial charge on any atom is -0.383 e. The van der Waals surface area contributed by atoms with E-state index in [9.17, 15) is 8.42 Å². The van der Waals surface area contributed by atoms with E-state index in [4.69, 9.17) is 11.6 Å². The molecule has 3 aromatic rings. The van der Waals surface area contributed by atoms with E-state index in [1.54, 1.807) is 24.4 Å². The topological polar surface area (TPSA) is 78.7 Å². The van der Waals surface area contributed by atoms with E-state index in [1.807, 2.05) is 36.6 Å². The van der Waals surface area contributed by atoms with Crippen LogP contribution in [0.3, 0.4) is 0 Å². The minimum atomic E-state index is -3.54. The molecule has 0 fully saturated rings. The van der Waals surface area contributed by atoms with Crippen LogP contribution in [-0.4, -0.2) is 41.7 Å². The molecule has 0 saturated heterocycles. The monoisotopic (exact) mass is 449 g/mol. The molecule has 0 amide bonds. The molecule has 0 radical (unpaired) electrons. The van der Waals surface area contributed by atoms with Crippen LogP contribution < -0.4 is 10.6 Å². The molecule has 0 bridgehead atoms. The fourth-order valence-electron chi connectivity index (χ4n) is 3.24. The van der Waals surface area contributed by atoms with Crippen LogP contribution in [0.25, 0.3) is 5.65 Å². The van der Waals surface area contributed by atoms with Crippen molar-refractivity contribution in [1.29, 1.82) is 0 Å². The van der Waals surface area contributed by atoms with Crippen LogP contribution in [-0.2, 0) is 16.6 Å². The smallest absolute Gasteiger partial charge is 0.243 e. The summed E-state index contributed by atoms with van der Waals surface area (Å²) in [5.41, 5.74) is 3.23. The van der Waals surface area contributed by atoms with E-state index in [1.165, 1.54) is 4.31 Å². The number of imidazole rings is 1. The molecular weight excluding hydrogens is 422 g/mol. The molecule has 3 rings (SSSR count). The number of aromatic nitrogens is 2. The highest BCUT2D eigenvalue weighted by molar-refractivity contribution is 7.89. The highest BCUT2D eigenvalue weighted by Crippen LogP contribution is 2.28. The highest BCUT2D eigenvalue weighted by Gasteiger charge is 2.22. The quantitative estimate of drug-likeness (QED) is 0.478. The molecule has 0 aliphatic carbocycles. The summed E-state index contributed by atoms with van der Waals surface area (Å²) in [6.45, 7) is 7.88. The maximum absolute atomic E-state index is 12.9. The second-order valence-electron chi connectivity index (χ2n) is 6.92. The third kappa shape index (κ3) is 4.88. The van der Waals surface area contributed by atoms with Gasteiger partial charge in [0.15, 0.2) is 0 Å². The standard InChI is InChI=1S/C21H28ClN5O2S/c1-4-11-23-19-9-8-18(30(28,29)27(5-2)6-3)12-20(19)24-13-17-15-26-14-16(22)7-10-21(26)25-17/h7-10,12,14-15,23-24H,4-6,11,13H2,1-3H3. The molecule has 0 spiro atoms. The van der Waals surface area contributed by atoms with Crippen molar-refractivity contribution >= 4 is 38.6 Å². The van der Waals surface area contributed by atoms with E-state index in [2.05, 4.69) is 22.5 Å². The zero-order chi connectivity index (χ0) is 21.7. The molecule has 162 valence electrons. The van der Waals surface area contributed by atoms with Gasteiger partial charge in [0.05, 0.1) is 33.5 Å². The summed E-state index contributed by atoms with van der Waals surface area (Å²) >= 11 is 6.05. The Hall–Kier alpha value is -2.29. The van der Waals surface area contributed by atoms with Crippen molar-refractivity contribution in [3.63, 3.8) is 0 Å². The SMILES string of the molecule is CCCNc1ccc(S(=O)(=O)N(CC)CC)cc1NCc1cn2cc(Cl)ccc2n1. The van der Waals surface area contributed by atoms with Gasteiger partial charge in [-0.05, 0) is 36.8 Å². The second kappa shape index (κ2) is 9.68. The van der Waals surface area contributed by atoms with Crippen molar-refractivity contribution in [1.82, 2.24) is 13.7 Å². The number of anilines is 2. The molecule has 0 aliphatic heterocycles. The number of hydrogen-bond acceptors (Lipinski definition) is 5. The van der Waals surface area contributed by atoms with Gasteiger partial charge in [0, 0.05) is 32.0 Å². The number of benzene rings is 1. The maximum atomic E-state index is 12.9. The summed E-state index contributed by atoms with van der Waals surface area (Å²) in [6.07, 6.45) is 4.68. The average molecular weight is 450 g/mol. The number of fused-ring (bicyclic) bond motifs is 1. The minimum absolute atomic E-state index is 0.275. The molecule has 1 aromatic carbocycles. The van der Waals surface area contributed by atoms with Gasteiger partial charge in [0.2, 0.25) is 10.0 Å². The van der Waals surface area contributed by atoms with Crippen molar-refractivity contribution in [3.8, 4) is 0 Å². The highest BCUT2D eigenvalue weighted by atomic mass is 35.5. The summed E-state index contributed by atoms with van der Waals surface area (Å²) in [5, 5.41) is 7.34. The molecule has 9 heteroatoms. The van der Waals surface area contributed by atoms with Crippen LogP contribution in [0.2, 0.25) is 5.02 Å². The lowest BCUT2D eigenvalue weighted by Crippen LogP contribution is -2.30. The molecule has 2 N–H and O–H groups in total. The average Bonchev–Trinajstić information content (AvgIpc) is 3.13. The molecule has 2 heterocycles. The number of pyridine rings is 1.